The molecule has 0 aromatic heterocycles. The molecule has 0 N–H and O–H groups in total. The van der Waals surface area contributed by atoms with E-state index in [0.717, 1.165) is 43.4 Å². The fourth-order valence-corrected chi connectivity index (χ4v) is 3.60. The van der Waals surface area contributed by atoms with Gasteiger partial charge in [-0.2, -0.15) is 4.90 Å². The molecule has 0 spiro atoms. The van der Waals surface area contributed by atoms with E-state index >= 15 is 0 Å². The highest BCUT2D eigenvalue weighted by molar-refractivity contribution is 5.94. The van der Waals surface area contributed by atoms with E-state index in [2.05, 4.69) is 10.0 Å². The number of ether oxygens (including phenoxy) is 3. The molecule has 0 rings (SSSR count). The number of imide groups is 1. The quantitative estimate of drug-likeness (QED) is 0.0520. The molecule has 208 valence electrons. The van der Waals surface area contributed by atoms with Gasteiger partial charge >= 0.3 is 18.2 Å². The summed E-state index contributed by atoms with van der Waals surface area (Å²) in [5.74, 6) is -0.675. The molecular weight excluding hydrogens is 464 g/mol. The monoisotopic (exact) mass is 512 g/mol. The Balaban J connectivity index is 4.67. The molecule has 0 radical (unpaired) electrons. The van der Waals surface area contributed by atoms with Crippen molar-refractivity contribution in [2.75, 3.05) is 13.7 Å². The maximum absolute atomic E-state index is 12.9. The maximum atomic E-state index is 12.9. The SMILES string of the molecule is COC(=O)[C@H](CCCCCCCCCCCCCN=[N+]=[N-])N(C(=O)OC(C)(C)C)C(=O)OC(C)(C)C. The number of carbonyl (C=O) groups excluding carboxylic acids is 3. The summed E-state index contributed by atoms with van der Waals surface area (Å²) in [5, 5.41) is 3.54. The minimum Gasteiger partial charge on any atom is -0.467 e. The lowest BCUT2D eigenvalue weighted by Gasteiger charge is -2.32. The molecule has 0 saturated heterocycles. The second-order valence-electron chi connectivity index (χ2n) is 11.0. The molecule has 10 nitrogen and oxygen atoms in total. The largest absolute Gasteiger partial charge is 0.467 e. The molecule has 1 atom stereocenters. The predicted octanol–water partition coefficient (Wildman–Crippen LogP) is 7.69. The lowest BCUT2D eigenvalue weighted by molar-refractivity contribution is -0.147. The predicted molar refractivity (Wildman–Crippen MR) is 140 cm³/mol. The average Bonchev–Trinajstić information content (AvgIpc) is 2.75. The van der Waals surface area contributed by atoms with Crippen molar-refractivity contribution in [2.45, 2.75) is 136 Å². The van der Waals surface area contributed by atoms with Gasteiger partial charge in [0.2, 0.25) is 0 Å². The second-order valence-corrected chi connectivity index (χ2v) is 11.0. The van der Waals surface area contributed by atoms with Crippen LogP contribution in [-0.2, 0) is 19.0 Å². The van der Waals surface area contributed by atoms with Crippen molar-refractivity contribution >= 4 is 18.2 Å². The normalized spacial score (nSPS) is 12.3. The van der Waals surface area contributed by atoms with Crippen molar-refractivity contribution < 1.29 is 28.6 Å². The van der Waals surface area contributed by atoms with E-state index in [-0.39, 0.29) is 6.42 Å². The van der Waals surface area contributed by atoms with Crippen molar-refractivity contribution in [3.05, 3.63) is 10.4 Å². The first kappa shape index (κ1) is 33.5. The number of nitrogens with zero attached hydrogens (tertiary/aromatic N) is 4. The first-order valence-corrected chi connectivity index (χ1v) is 13.2. The van der Waals surface area contributed by atoms with Gasteiger partial charge in [0.05, 0.1) is 7.11 Å². The first-order valence-electron chi connectivity index (χ1n) is 13.2. The Morgan fingerprint density at radius 3 is 1.50 bits per heavy atom. The number of esters is 1. The summed E-state index contributed by atoms with van der Waals surface area (Å²) in [5.41, 5.74) is 6.56. The Hall–Kier alpha value is -2.48. The van der Waals surface area contributed by atoms with Gasteiger partial charge in [-0.3, -0.25) is 0 Å². The third kappa shape index (κ3) is 17.0. The Labute approximate surface area is 217 Å². The zero-order valence-electron chi connectivity index (χ0n) is 23.5. The van der Waals surface area contributed by atoms with Crippen LogP contribution in [0.5, 0.6) is 0 Å². The zero-order valence-corrected chi connectivity index (χ0v) is 23.5. The van der Waals surface area contributed by atoms with Crippen molar-refractivity contribution in [3.63, 3.8) is 0 Å². The number of methoxy groups -OCH3 is 1. The number of hydrogen-bond donors (Lipinski definition) is 0. The van der Waals surface area contributed by atoms with E-state index < -0.39 is 35.4 Å². The van der Waals surface area contributed by atoms with Gasteiger partial charge in [-0.05, 0) is 59.9 Å². The summed E-state index contributed by atoms with van der Waals surface area (Å²) < 4.78 is 15.7. The molecule has 0 aliphatic rings. The molecular formula is C26H48N4O6. The third-order valence-corrected chi connectivity index (χ3v) is 5.26. The van der Waals surface area contributed by atoms with Crippen LogP contribution in [0.3, 0.4) is 0 Å². The van der Waals surface area contributed by atoms with Crippen LogP contribution in [0.15, 0.2) is 5.11 Å². The van der Waals surface area contributed by atoms with E-state index in [0.29, 0.717) is 13.0 Å². The molecule has 36 heavy (non-hydrogen) atoms. The van der Waals surface area contributed by atoms with Gasteiger partial charge in [0.15, 0.2) is 0 Å². The van der Waals surface area contributed by atoms with Crippen LogP contribution in [0.4, 0.5) is 9.59 Å². The smallest absolute Gasteiger partial charge is 0.420 e. The third-order valence-electron chi connectivity index (χ3n) is 5.26. The Bertz CT molecular complexity index is 680. The standard InChI is InChI=1S/C26H48N4O6/c1-25(2,3)35-23(32)30(24(33)36-26(4,5)6)21(22(31)34-7)19-17-15-13-11-9-8-10-12-14-16-18-20-28-29-27/h21H,8-20H2,1-7H3/t21-/m0/s1. The zero-order chi connectivity index (χ0) is 27.6. The van der Waals surface area contributed by atoms with Crippen LogP contribution in [0.25, 0.3) is 10.4 Å². The molecule has 0 unspecified atom stereocenters. The van der Waals surface area contributed by atoms with Gasteiger partial charge in [0, 0.05) is 11.5 Å². The van der Waals surface area contributed by atoms with Crippen LogP contribution in [0.1, 0.15) is 119 Å². The van der Waals surface area contributed by atoms with Gasteiger partial charge in [-0.15, -0.1) is 0 Å². The van der Waals surface area contributed by atoms with E-state index in [9.17, 15) is 14.4 Å². The lowest BCUT2D eigenvalue weighted by Crippen LogP contribution is -2.52. The van der Waals surface area contributed by atoms with Crippen LogP contribution < -0.4 is 0 Å². The number of unbranched alkanes of at least 4 members (excludes halogenated alkanes) is 10. The second kappa shape index (κ2) is 17.9. The van der Waals surface area contributed by atoms with Crippen LogP contribution in [0.2, 0.25) is 0 Å². The molecule has 0 aliphatic heterocycles. The number of amides is 2. The topological polar surface area (TPSA) is 131 Å². The Kier molecular flexibility index (Phi) is 16.6. The molecule has 0 bridgehead atoms. The Morgan fingerprint density at radius 2 is 1.14 bits per heavy atom. The summed E-state index contributed by atoms with van der Waals surface area (Å²) in [6.45, 7) is 10.7. The highest BCUT2D eigenvalue weighted by Gasteiger charge is 2.40. The number of azide groups is 1. The first-order chi connectivity index (χ1) is 16.8. The van der Waals surface area contributed by atoms with E-state index in [1.54, 1.807) is 41.5 Å². The van der Waals surface area contributed by atoms with Crippen LogP contribution in [0, 0.1) is 0 Å². The fourth-order valence-electron chi connectivity index (χ4n) is 3.60. The van der Waals surface area contributed by atoms with Crippen molar-refractivity contribution in [1.29, 1.82) is 0 Å². The van der Waals surface area contributed by atoms with Gasteiger partial charge in [-0.1, -0.05) is 69.3 Å². The van der Waals surface area contributed by atoms with Crippen LogP contribution >= 0.6 is 0 Å². The summed E-state index contributed by atoms with van der Waals surface area (Å²) in [6, 6.07) is -1.11. The molecule has 0 fully saturated rings. The van der Waals surface area contributed by atoms with Crippen LogP contribution in [-0.4, -0.2) is 54.0 Å². The number of hydrogen-bond acceptors (Lipinski definition) is 7. The molecule has 10 heteroatoms. The number of rotatable bonds is 16. The van der Waals surface area contributed by atoms with E-state index in [4.69, 9.17) is 19.7 Å². The molecule has 0 aromatic carbocycles. The highest BCUT2D eigenvalue weighted by atomic mass is 16.6. The molecule has 0 saturated carbocycles. The summed E-state index contributed by atoms with van der Waals surface area (Å²) in [4.78, 5) is 41.8. The van der Waals surface area contributed by atoms with Crippen molar-refractivity contribution in [2.24, 2.45) is 5.11 Å². The maximum Gasteiger partial charge on any atom is 0.420 e. The molecule has 0 aromatic rings. The molecule has 0 heterocycles. The van der Waals surface area contributed by atoms with Gasteiger partial charge < -0.3 is 14.2 Å². The van der Waals surface area contributed by atoms with E-state index in [1.807, 2.05) is 0 Å². The lowest BCUT2D eigenvalue weighted by atomic mass is 10.0. The van der Waals surface area contributed by atoms with Gasteiger partial charge in [-0.25, -0.2) is 14.4 Å². The van der Waals surface area contributed by atoms with E-state index in [1.165, 1.54) is 32.8 Å². The fraction of sp³-hybridized carbons (Fsp3) is 0.885. The van der Waals surface area contributed by atoms with Crippen molar-refractivity contribution in [1.82, 2.24) is 4.90 Å². The molecule has 2 amide bonds. The average molecular weight is 513 g/mol. The minimum absolute atomic E-state index is 0.279. The van der Waals surface area contributed by atoms with Gasteiger partial charge in [0.1, 0.15) is 17.2 Å². The summed E-state index contributed by atoms with van der Waals surface area (Å²) >= 11 is 0. The number of carbonyl (C=O) groups is 3. The summed E-state index contributed by atoms with van der Waals surface area (Å²) in [7, 11) is 1.23. The molecule has 0 aliphatic carbocycles. The summed E-state index contributed by atoms with van der Waals surface area (Å²) in [6.07, 6.45) is 10.0. The van der Waals surface area contributed by atoms with Gasteiger partial charge in [0.25, 0.3) is 0 Å². The minimum atomic E-state index is -1.11. The van der Waals surface area contributed by atoms with Crippen molar-refractivity contribution in [3.8, 4) is 0 Å². The Morgan fingerprint density at radius 1 is 0.750 bits per heavy atom. The highest BCUT2D eigenvalue weighted by Crippen LogP contribution is 2.21.